The van der Waals surface area contributed by atoms with Gasteiger partial charge < -0.3 is 0 Å². The first kappa shape index (κ1) is 17.0. The molecule has 0 saturated heterocycles. The van der Waals surface area contributed by atoms with Crippen LogP contribution >= 0.6 is 11.6 Å². The Morgan fingerprint density at radius 2 is 1.93 bits per heavy atom. The Hall–Kier alpha value is -2.18. The molecule has 0 radical (unpaired) electrons. The molecule has 5 rings (SSSR count). The van der Waals surface area contributed by atoms with Gasteiger partial charge >= 0.3 is 0 Å². The lowest BCUT2D eigenvalue weighted by molar-refractivity contribution is 0.296. The third-order valence-corrected chi connectivity index (χ3v) is 6.09. The van der Waals surface area contributed by atoms with Gasteiger partial charge in [0.25, 0.3) is 0 Å². The lowest BCUT2D eigenvalue weighted by Crippen LogP contribution is -2.20. The molecule has 0 bridgehead atoms. The van der Waals surface area contributed by atoms with E-state index in [1.165, 1.54) is 11.3 Å². The van der Waals surface area contributed by atoms with Gasteiger partial charge in [-0.2, -0.15) is 5.10 Å². The Balaban J connectivity index is 1.47. The van der Waals surface area contributed by atoms with Crippen LogP contribution in [-0.4, -0.2) is 36.5 Å². The third kappa shape index (κ3) is 3.07. The first-order valence-corrected chi connectivity index (χ1v) is 9.97. The molecule has 1 saturated carbocycles. The molecule has 0 spiro atoms. The van der Waals surface area contributed by atoms with Gasteiger partial charge in [0, 0.05) is 29.9 Å². The van der Waals surface area contributed by atoms with Crippen molar-refractivity contribution in [2.45, 2.75) is 50.7 Å². The van der Waals surface area contributed by atoms with Gasteiger partial charge in [0.05, 0.1) is 18.3 Å². The van der Waals surface area contributed by atoms with E-state index in [1.807, 2.05) is 18.3 Å². The van der Waals surface area contributed by atoms with Gasteiger partial charge in [0.2, 0.25) is 0 Å². The standard InChI is InChI=1S/C20H23ClN6/c1-25-12-15-11-16(21)5-8-18(15)27-19(13-25)23-24-20(27)14-3-6-17(7-4-14)26-10-2-9-22-26/h2,5,8-11,14,17H,3-4,6-7,12-13H2,1H3/t14-,17+. The quantitative estimate of drug-likeness (QED) is 0.673. The van der Waals surface area contributed by atoms with Crippen molar-refractivity contribution in [1.82, 2.24) is 29.4 Å². The Kier molecular flexibility index (Phi) is 4.25. The van der Waals surface area contributed by atoms with E-state index in [9.17, 15) is 0 Å². The van der Waals surface area contributed by atoms with Crippen LogP contribution in [0.4, 0.5) is 0 Å². The molecular formula is C20H23ClN6. The highest BCUT2D eigenvalue weighted by Crippen LogP contribution is 2.39. The van der Waals surface area contributed by atoms with Crippen LogP contribution in [0.1, 0.15) is 54.9 Å². The zero-order chi connectivity index (χ0) is 18.4. The summed E-state index contributed by atoms with van der Waals surface area (Å²) in [5.74, 6) is 2.55. The van der Waals surface area contributed by atoms with Crippen LogP contribution in [0.3, 0.4) is 0 Å². The van der Waals surface area contributed by atoms with Crippen LogP contribution in [0, 0.1) is 0 Å². The Bertz CT molecular complexity index is 940. The van der Waals surface area contributed by atoms with Gasteiger partial charge in [-0.05, 0) is 62.6 Å². The molecule has 2 aliphatic rings. The molecule has 1 aromatic carbocycles. The highest BCUT2D eigenvalue weighted by molar-refractivity contribution is 6.30. The molecule has 1 fully saturated rings. The monoisotopic (exact) mass is 382 g/mol. The molecule has 1 aliphatic heterocycles. The van der Waals surface area contributed by atoms with Gasteiger partial charge in [0.1, 0.15) is 5.82 Å². The highest BCUT2D eigenvalue weighted by Gasteiger charge is 2.30. The lowest BCUT2D eigenvalue weighted by Gasteiger charge is -2.28. The Labute approximate surface area is 163 Å². The summed E-state index contributed by atoms with van der Waals surface area (Å²) in [6, 6.07) is 8.65. The Morgan fingerprint density at radius 1 is 1.07 bits per heavy atom. The summed E-state index contributed by atoms with van der Waals surface area (Å²) in [5.41, 5.74) is 2.41. The summed E-state index contributed by atoms with van der Waals surface area (Å²) >= 11 is 6.26. The average molecular weight is 383 g/mol. The van der Waals surface area contributed by atoms with E-state index in [-0.39, 0.29) is 0 Å². The molecule has 7 heteroatoms. The Morgan fingerprint density at radius 3 is 2.70 bits per heavy atom. The zero-order valence-electron chi connectivity index (χ0n) is 15.4. The zero-order valence-corrected chi connectivity index (χ0v) is 16.2. The van der Waals surface area contributed by atoms with Crippen LogP contribution in [0.5, 0.6) is 0 Å². The predicted octanol–water partition coefficient (Wildman–Crippen LogP) is 3.96. The second kappa shape index (κ2) is 6.77. The highest BCUT2D eigenvalue weighted by atomic mass is 35.5. The van der Waals surface area contributed by atoms with Crippen molar-refractivity contribution in [2.75, 3.05) is 7.05 Å². The molecule has 0 amide bonds. The minimum absolute atomic E-state index is 0.435. The normalized spacial score (nSPS) is 22.9. The van der Waals surface area contributed by atoms with Crippen molar-refractivity contribution in [3.63, 3.8) is 0 Å². The van der Waals surface area contributed by atoms with E-state index in [0.717, 1.165) is 55.4 Å². The van der Waals surface area contributed by atoms with Gasteiger partial charge in [-0.1, -0.05) is 11.6 Å². The molecule has 0 atom stereocenters. The van der Waals surface area contributed by atoms with E-state index in [0.29, 0.717) is 12.0 Å². The van der Waals surface area contributed by atoms with Crippen LogP contribution < -0.4 is 0 Å². The maximum Gasteiger partial charge on any atom is 0.151 e. The number of rotatable bonds is 2. The molecule has 140 valence electrons. The molecule has 3 heterocycles. The van der Waals surface area contributed by atoms with Gasteiger partial charge in [-0.3, -0.25) is 14.1 Å². The van der Waals surface area contributed by atoms with Crippen LogP contribution in [0.2, 0.25) is 5.02 Å². The van der Waals surface area contributed by atoms with Crippen molar-refractivity contribution in [2.24, 2.45) is 0 Å². The second-order valence-electron chi connectivity index (χ2n) is 7.75. The fourth-order valence-electron chi connectivity index (χ4n) is 4.54. The predicted molar refractivity (Wildman–Crippen MR) is 104 cm³/mol. The summed E-state index contributed by atoms with van der Waals surface area (Å²) in [6.45, 7) is 1.66. The smallest absolute Gasteiger partial charge is 0.151 e. The molecule has 0 unspecified atom stereocenters. The number of nitrogens with zero attached hydrogens (tertiary/aromatic N) is 6. The van der Waals surface area contributed by atoms with Gasteiger partial charge in [-0.15, -0.1) is 10.2 Å². The number of benzene rings is 1. The SMILES string of the molecule is CN1Cc2cc(Cl)ccc2-n2c(nnc2[C@H]2CC[C@@H](n3cccn3)CC2)C1. The number of aromatic nitrogens is 5. The van der Waals surface area contributed by atoms with E-state index in [4.69, 9.17) is 11.6 Å². The van der Waals surface area contributed by atoms with Crippen molar-refractivity contribution in [1.29, 1.82) is 0 Å². The summed E-state index contributed by atoms with van der Waals surface area (Å²) < 4.78 is 4.39. The van der Waals surface area contributed by atoms with Crippen LogP contribution in [0.15, 0.2) is 36.7 Å². The number of fused-ring (bicyclic) bond motifs is 3. The summed E-state index contributed by atoms with van der Waals surface area (Å²) in [7, 11) is 2.12. The van der Waals surface area contributed by atoms with Gasteiger partial charge in [0.15, 0.2) is 5.82 Å². The summed E-state index contributed by atoms with van der Waals surface area (Å²) in [5, 5.41) is 14.4. The molecule has 0 N–H and O–H groups in total. The molecular weight excluding hydrogens is 360 g/mol. The van der Waals surface area contributed by atoms with E-state index >= 15 is 0 Å². The number of hydrogen-bond donors (Lipinski definition) is 0. The number of hydrogen-bond acceptors (Lipinski definition) is 4. The topological polar surface area (TPSA) is 51.8 Å². The van der Waals surface area contributed by atoms with E-state index in [2.05, 4.69) is 54.8 Å². The molecule has 3 aromatic rings. The van der Waals surface area contributed by atoms with Crippen molar-refractivity contribution >= 4 is 11.6 Å². The third-order valence-electron chi connectivity index (χ3n) is 5.85. The van der Waals surface area contributed by atoms with Gasteiger partial charge in [-0.25, -0.2) is 0 Å². The minimum Gasteiger partial charge on any atom is -0.295 e. The first-order valence-electron chi connectivity index (χ1n) is 9.59. The van der Waals surface area contributed by atoms with Crippen molar-refractivity contribution < 1.29 is 0 Å². The minimum atomic E-state index is 0.435. The fraction of sp³-hybridized carbons (Fsp3) is 0.450. The maximum absolute atomic E-state index is 6.26. The molecule has 2 aromatic heterocycles. The first-order chi connectivity index (χ1) is 13.2. The van der Waals surface area contributed by atoms with Crippen molar-refractivity contribution in [3.05, 3.63) is 58.9 Å². The molecule has 6 nitrogen and oxygen atoms in total. The van der Waals surface area contributed by atoms with Crippen LogP contribution in [-0.2, 0) is 13.1 Å². The fourth-order valence-corrected chi connectivity index (χ4v) is 4.74. The van der Waals surface area contributed by atoms with Crippen LogP contribution in [0.25, 0.3) is 5.69 Å². The largest absolute Gasteiger partial charge is 0.295 e. The molecule has 1 aliphatic carbocycles. The average Bonchev–Trinajstić information content (AvgIpc) is 3.30. The van der Waals surface area contributed by atoms with E-state index < -0.39 is 0 Å². The van der Waals surface area contributed by atoms with Crippen molar-refractivity contribution in [3.8, 4) is 5.69 Å². The van der Waals surface area contributed by atoms with E-state index in [1.54, 1.807) is 0 Å². The second-order valence-corrected chi connectivity index (χ2v) is 8.18. The maximum atomic E-state index is 6.26. The molecule has 27 heavy (non-hydrogen) atoms. The number of halogens is 1. The summed E-state index contributed by atoms with van der Waals surface area (Å²) in [4.78, 5) is 2.26. The lowest BCUT2D eigenvalue weighted by atomic mass is 9.85. The summed E-state index contributed by atoms with van der Waals surface area (Å²) in [6.07, 6.45) is 8.42.